The van der Waals surface area contributed by atoms with Crippen LogP contribution in [-0.2, 0) is 15.3 Å². The van der Waals surface area contributed by atoms with Gasteiger partial charge in [-0.05, 0) is 59.5 Å². The number of nitrogens with zero attached hydrogens (tertiary/aromatic N) is 3. The standard InChI is InChI=1S/C35H29N3O4S2/c1-4-18-42-26-16-14-24(15-17-26)30-29(31(39)28-19-21(2)12-13-22(28)3)32(40)33(41)38(30)34-36-37-35(44-34)43-20-25-10-7-9-23-8-5-6-11-27(23)25/h4-17,19,30,39H,1,18,20H2,2-3H3. The Morgan fingerprint density at radius 2 is 1.80 bits per heavy atom. The van der Waals surface area contributed by atoms with Gasteiger partial charge in [-0.15, -0.1) is 10.2 Å². The van der Waals surface area contributed by atoms with E-state index in [0.29, 0.717) is 33.6 Å². The van der Waals surface area contributed by atoms with E-state index in [1.165, 1.54) is 33.4 Å². The van der Waals surface area contributed by atoms with Crippen molar-refractivity contribution in [2.75, 3.05) is 11.5 Å². The highest BCUT2D eigenvalue weighted by Crippen LogP contribution is 2.44. The maximum Gasteiger partial charge on any atom is 0.301 e. The number of aliphatic hydroxyl groups excluding tert-OH is 1. The van der Waals surface area contributed by atoms with Gasteiger partial charge in [-0.1, -0.05) is 108 Å². The molecule has 1 aliphatic heterocycles. The lowest BCUT2D eigenvalue weighted by Crippen LogP contribution is -2.29. The molecule has 1 fully saturated rings. The molecule has 9 heteroatoms. The molecule has 1 atom stereocenters. The Balaban J connectivity index is 1.38. The van der Waals surface area contributed by atoms with Gasteiger partial charge >= 0.3 is 5.91 Å². The van der Waals surface area contributed by atoms with Gasteiger partial charge in [-0.3, -0.25) is 14.5 Å². The minimum atomic E-state index is -0.910. The van der Waals surface area contributed by atoms with E-state index in [4.69, 9.17) is 4.74 Å². The van der Waals surface area contributed by atoms with Crippen LogP contribution in [0, 0.1) is 13.8 Å². The first kappa shape index (κ1) is 29.3. The summed E-state index contributed by atoms with van der Waals surface area (Å²) in [7, 11) is 0. The normalized spacial score (nSPS) is 16.0. The van der Waals surface area contributed by atoms with Crippen LogP contribution in [0.25, 0.3) is 16.5 Å². The molecule has 1 saturated heterocycles. The van der Waals surface area contributed by atoms with E-state index in [1.807, 2.05) is 50.2 Å². The molecular formula is C35H29N3O4S2. The number of rotatable bonds is 9. The summed E-state index contributed by atoms with van der Waals surface area (Å²) in [5, 5.41) is 22.9. The largest absolute Gasteiger partial charge is 0.507 e. The third-order valence-corrected chi connectivity index (χ3v) is 9.59. The highest BCUT2D eigenvalue weighted by Gasteiger charge is 2.48. The smallest absolute Gasteiger partial charge is 0.301 e. The molecule has 44 heavy (non-hydrogen) atoms. The number of benzene rings is 4. The van der Waals surface area contributed by atoms with Crippen LogP contribution in [0.5, 0.6) is 5.75 Å². The van der Waals surface area contributed by atoms with E-state index in [2.05, 4.69) is 41.0 Å². The van der Waals surface area contributed by atoms with E-state index >= 15 is 0 Å². The summed E-state index contributed by atoms with van der Waals surface area (Å²) < 4.78 is 6.31. The van der Waals surface area contributed by atoms with Crippen molar-refractivity contribution in [1.29, 1.82) is 0 Å². The molecule has 0 aliphatic carbocycles. The maximum atomic E-state index is 13.7. The van der Waals surface area contributed by atoms with Crippen LogP contribution in [0.4, 0.5) is 5.13 Å². The van der Waals surface area contributed by atoms with E-state index in [1.54, 1.807) is 30.3 Å². The topological polar surface area (TPSA) is 92.6 Å². The second kappa shape index (κ2) is 12.5. The second-order valence-corrected chi connectivity index (χ2v) is 12.6. The number of fused-ring (bicyclic) bond motifs is 1. The molecule has 1 N–H and O–H groups in total. The first-order chi connectivity index (χ1) is 21.4. The van der Waals surface area contributed by atoms with Crippen LogP contribution in [0.3, 0.4) is 0 Å². The fourth-order valence-corrected chi connectivity index (χ4v) is 7.17. The summed E-state index contributed by atoms with van der Waals surface area (Å²) in [6.07, 6.45) is 1.65. The molecule has 1 aliphatic rings. The first-order valence-electron chi connectivity index (χ1n) is 14.0. The van der Waals surface area contributed by atoms with Gasteiger partial charge in [0.05, 0.1) is 11.6 Å². The Morgan fingerprint density at radius 1 is 1.02 bits per heavy atom. The molecule has 1 amide bonds. The molecule has 2 heterocycles. The molecule has 0 bridgehead atoms. The Morgan fingerprint density at radius 3 is 2.59 bits per heavy atom. The fraction of sp³-hybridized carbons (Fsp3) is 0.143. The third kappa shape index (κ3) is 5.64. The number of aromatic nitrogens is 2. The lowest BCUT2D eigenvalue weighted by Gasteiger charge is -2.23. The van der Waals surface area contributed by atoms with Crippen molar-refractivity contribution < 1.29 is 19.4 Å². The Hall–Kier alpha value is -4.73. The molecule has 4 aromatic carbocycles. The van der Waals surface area contributed by atoms with Gasteiger partial charge < -0.3 is 9.84 Å². The number of hydrogen-bond donors (Lipinski definition) is 1. The summed E-state index contributed by atoms with van der Waals surface area (Å²) in [4.78, 5) is 28.6. The monoisotopic (exact) mass is 619 g/mol. The van der Waals surface area contributed by atoms with E-state index in [9.17, 15) is 14.7 Å². The summed E-state index contributed by atoms with van der Waals surface area (Å²) in [5.41, 5.74) is 4.00. The maximum absolute atomic E-state index is 13.7. The number of thioether (sulfide) groups is 1. The first-order valence-corrected chi connectivity index (χ1v) is 15.8. The summed E-state index contributed by atoms with van der Waals surface area (Å²) in [6, 6.07) is 26.2. The van der Waals surface area contributed by atoms with Crippen LogP contribution in [0.15, 0.2) is 107 Å². The summed E-state index contributed by atoms with van der Waals surface area (Å²) in [5.74, 6) is -0.491. The average Bonchev–Trinajstić information content (AvgIpc) is 3.61. The van der Waals surface area contributed by atoms with Gasteiger partial charge in [-0.25, -0.2) is 0 Å². The Kier molecular flexibility index (Phi) is 8.32. The molecule has 220 valence electrons. The van der Waals surface area contributed by atoms with Gasteiger partial charge in [-0.2, -0.15) is 0 Å². The quantitative estimate of drug-likeness (QED) is 0.0450. The van der Waals surface area contributed by atoms with Crippen LogP contribution in [-0.4, -0.2) is 33.6 Å². The number of carbonyl (C=O) groups is 2. The SMILES string of the molecule is C=CCOc1ccc(C2C(=C(O)c3cc(C)ccc3C)C(=O)C(=O)N2c2nnc(SCc3cccc4ccccc34)s2)cc1. The number of anilines is 1. The van der Waals surface area contributed by atoms with Crippen molar-refractivity contribution in [3.05, 3.63) is 131 Å². The van der Waals surface area contributed by atoms with Crippen molar-refractivity contribution >= 4 is 56.5 Å². The zero-order valence-electron chi connectivity index (χ0n) is 24.2. The van der Waals surface area contributed by atoms with Crippen molar-refractivity contribution in [2.24, 2.45) is 0 Å². The van der Waals surface area contributed by atoms with E-state index in [-0.39, 0.29) is 16.5 Å². The van der Waals surface area contributed by atoms with Crippen molar-refractivity contribution in [3.63, 3.8) is 0 Å². The van der Waals surface area contributed by atoms with Gasteiger partial charge in [0.15, 0.2) is 4.34 Å². The van der Waals surface area contributed by atoms with Crippen LogP contribution >= 0.6 is 23.1 Å². The average molecular weight is 620 g/mol. The summed E-state index contributed by atoms with van der Waals surface area (Å²) >= 11 is 2.76. The van der Waals surface area contributed by atoms with Gasteiger partial charge in [0.25, 0.3) is 5.78 Å². The summed E-state index contributed by atoms with van der Waals surface area (Å²) in [6.45, 7) is 7.79. The Bertz CT molecular complexity index is 1930. The number of amides is 1. The van der Waals surface area contributed by atoms with E-state index < -0.39 is 17.7 Å². The number of ketones is 1. The molecule has 6 rings (SSSR count). The second-order valence-electron chi connectivity index (χ2n) is 10.4. The van der Waals surface area contributed by atoms with Gasteiger partial charge in [0.1, 0.15) is 18.1 Å². The van der Waals surface area contributed by atoms with Gasteiger partial charge in [0.2, 0.25) is 5.13 Å². The van der Waals surface area contributed by atoms with Crippen molar-refractivity contribution in [2.45, 2.75) is 30.0 Å². The lowest BCUT2D eigenvalue weighted by molar-refractivity contribution is -0.132. The predicted octanol–water partition coefficient (Wildman–Crippen LogP) is 7.79. The number of hydrogen-bond acceptors (Lipinski definition) is 8. The van der Waals surface area contributed by atoms with Crippen LogP contribution in [0.1, 0.15) is 33.9 Å². The van der Waals surface area contributed by atoms with E-state index in [0.717, 1.165) is 22.1 Å². The molecule has 5 aromatic rings. The number of aryl methyl sites for hydroxylation is 2. The fourth-order valence-electron chi connectivity index (χ4n) is 5.30. The van der Waals surface area contributed by atoms with Crippen LogP contribution < -0.4 is 9.64 Å². The number of Topliss-reactive ketones (excluding diaryl/α,β-unsaturated/α-hetero) is 1. The van der Waals surface area contributed by atoms with Crippen molar-refractivity contribution in [1.82, 2.24) is 10.2 Å². The lowest BCUT2D eigenvalue weighted by atomic mass is 9.93. The predicted molar refractivity (Wildman–Crippen MR) is 176 cm³/mol. The highest BCUT2D eigenvalue weighted by molar-refractivity contribution is 8.00. The van der Waals surface area contributed by atoms with Gasteiger partial charge in [0, 0.05) is 11.3 Å². The zero-order valence-corrected chi connectivity index (χ0v) is 25.8. The zero-order chi connectivity index (χ0) is 30.8. The molecule has 0 radical (unpaired) electrons. The van der Waals surface area contributed by atoms with Crippen molar-refractivity contribution in [3.8, 4) is 5.75 Å². The minimum Gasteiger partial charge on any atom is -0.507 e. The molecule has 7 nitrogen and oxygen atoms in total. The molecule has 0 saturated carbocycles. The number of aliphatic hydroxyl groups is 1. The Labute approximate surface area is 263 Å². The van der Waals surface area contributed by atoms with Crippen LogP contribution in [0.2, 0.25) is 0 Å². The third-order valence-electron chi connectivity index (χ3n) is 7.49. The number of ether oxygens (including phenoxy) is 1. The molecule has 1 aromatic heterocycles. The highest BCUT2D eigenvalue weighted by atomic mass is 32.2. The number of carbonyl (C=O) groups excluding carboxylic acids is 2. The minimum absolute atomic E-state index is 0.00335. The molecule has 0 spiro atoms. The molecular weight excluding hydrogens is 591 g/mol. The molecule has 1 unspecified atom stereocenters.